The van der Waals surface area contributed by atoms with Crippen LogP contribution in [0.15, 0.2) is 18.2 Å². The van der Waals surface area contributed by atoms with Gasteiger partial charge in [-0.3, -0.25) is 4.79 Å². The number of nitrogens with one attached hydrogen (secondary N) is 1. The molecule has 1 atom stereocenters. The molecule has 0 aliphatic rings. The number of hydrogen-bond donors (Lipinski definition) is 1. The zero-order valence-electron chi connectivity index (χ0n) is 13.2. The molecular weight excluding hydrogens is 252 g/mol. The Bertz CT molecular complexity index is 444. The monoisotopic (exact) mass is 278 g/mol. The van der Waals surface area contributed by atoms with Crippen LogP contribution in [0.1, 0.15) is 29.3 Å². The lowest BCUT2D eigenvalue weighted by atomic mass is 10.0. The molecule has 1 unspecified atom stereocenters. The minimum Gasteiger partial charge on any atom is -0.496 e. The molecular formula is C16H26N2O2. The normalized spacial score (nSPS) is 12.5. The van der Waals surface area contributed by atoms with Gasteiger partial charge in [0.15, 0.2) is 5.78 Å². The second-order valence-electron chi connectivity index (χ2n) is 5.38. The summed E-state index contributed by atoms with van der Waals surface area (Å²) in [6.45, 7) is 5.73. The van der Waals surface area contributed by atoms with Crippen LogP contribution >= 0.6 is 0 Å². The van der Waals surface area contributed by atoms with E-state index in [2.05, 4.69) is 24.3 Å². The Morgan fingerprint density at radius 1 is 1.40 bits per heavy atom. The maximum atomic E-state index is 12.3. The van der Waals surface area contributed by atoms with Crippen LogP contribution in [0, 0.1) is 6.92 Å². The number of methoxy groups -OCH3 is 1. The maximum Gasteiger partial charge on any atom is 0.179 e. The Balaban J connectivity index is 2.54. The van der Waals surface area contributed by atoms with Crippen LogP contribution in [-0.2, 0) is 0 Å². The van der Waals surface area contributed by atoms with Gasteiger partial charge in [-0.05, 0) is 71.2 Å². The van der Waals surface area contributed by atoms with Crippen LogP contribution in [0.3, 0.4) is 0 Å². The van der Waals surface area contributed by atoms with Crippen molar-refractivity contribution in [3.8, 4) is 5.75 Å². The van der Waals surface area contributed by atoms with Crippen LogP contribution in [0.4, 0.5) is 0 Å². The van der Waals surface area contributed by atoms with E-state index in [1.54, 1.807) is 7.11 Å². The number of Topliss-reactive ketones (excluding diaryl/α,β-unsaturated/α-hetero) is 1. The number of ketones is 1. The van der Waals surface area contributed by atoms with Crippen molar-refractivity contribution in [3.63, 3.8) is 0 Å². The summed E-state index contributed by atoms with van der Waals surface area (Å²) in [5, 5.41) is 3.28. The van der Waals surface area contributed by atoms with Gasteiger partial charge in [0.25, 0.3) is 0 Å². The van der Waals surface area contributed by atoms with E-state index in [4.69, 9.17) is 4.74 Å². The summed E-state index contributed by atoms with van der Waals surface area (Å²) < 4.78 is 5.21. The number of nitrogens with zero attached hydrogens (tertiary/aromatic N) is 1. The molecule has 0 fully saturated rings. The standard InChI is InChI=1S/C16H26N2O2/c1-12-11-14(7-8-15(12)20-5)16(19)13(2)17-9-6-10-18(3)4/h7-8,11,13,17H,6,9-10H2,1-5H3. The van der Waals surface area contributed by atoms with E-state index in [9.17, 15) is 4.79 Å². The third-order valence-corrected chi connectivity index (χ3v) is 3.31. The lowest BCUT2D eigenvalue weighted by Crippen LogP contribution is -2.35. The van der Waals surface area contributed by atoms with Gasteiger partial charge >= 0.3 is 0 Å². The summed E-state index contributed by atoms with van der Waals surface area (Å²) in [5.41, 5.74) is 1.72. The Labute approximate surface area is 122 Å². The number of benzene rings is 1. The van der Waals surface area contributed by atoms with Crippen LogP contribution in [-0.4, -0.2) is 51.0 Å². The highest BCUT2D eigenvalue weighted by Crippen LogP contribution is 2.19. The number of ether oxygens (including phenoxy) is 1. The fourth-order valence-electron chi connectivity index (χ4n) is 2.09. The lowest BCUT2D eigenvalue weighted by Gasteiger charge is -2.15. The first kappa shape index (κ1) is 16.7. The average Bonchev–Trinajstić information content (AvgIpc) is 2.42. The molecule has 1 aromatic carbocycles. The molecule has 0 aliphatic carbocycles. The summed E-state index contributed by atoms with van der Waals surface area (Å²) in [4.78, 5) is 14.5. The summed E-state index contributed by atoms with van der Waals surface area (Å²) in [5.74, 6) is 0.939. The predicted molar refractivity (Wildman–Crippen MR) is 82.7 cm³/mol. The van der Waals surface area contributed by atoms with Gasteiger partial charge in [0, 0.05) is 5.56 Å². The molecule has 0 amide bonds. The zero-order valence-corrected chi connectivity index (χ0v) is 13.2. The van der Waals surface area contributed by atoms with Crippen molar-refractivity contribution in [2.45, 2.75) is 26.3 Å². The third-order valence-electron chi connectivity index (χ3n) is 3.31. The lowest BCUT2D eigenvalue weighted by molar-refractivity contribution is 0.0950. The molecule has 112 valence electrons. The molecule has 0 saturated carbocycles. The van der Waals surface area contributed by atoms with Gasteiger partial charge in [0.1, 0.15) is 5.75 Å². The quantitative estimate of drug-likeness (QED) is 0.584. The fraction of sp³-hybridized carbons (Fsp3) is 0.562. The van der Waals surface area contributed by atoms with E-state index in [0.29, 0.717) is 0 Å². The fourth-order valence-corrected chi connectivity index (χ4v) is 2.09. The van der Waals surface area contributed by atoms with Gasteiger partial charge in [0.05, 0.1) is 13.2 Å². The Morgan fingerprint density at radius 2 is 2.10 bits per heavy atom. The summed E-state index contributed by atoms with van der Waals surface area (Å²) >= 11 is 0. The van der Waals surface area contributed by atoms with Crippen molar-refractivity contribution in [2.75, 3.05) is 34.3 Å². The van der Waals surface area contributed by atoms with Crippen molar-refractivity contribution >= 4 is 5.78 Å². The molecule has 0 bridgehead atoms. The van der Waals surface area contributed by atoms with Crippen LogP contribution in [0.5, 0.6) is 5.75 Å². The van der Waals surface area contributed by atoms with E-state index < -0.39 is 0 Å². The molecule has 1 aromatic rings. The highest BCUT2D eigenvalue weighted by atomic mass is 16.5. The molecule has 0 spiro atoms. The predicted octanol–water partition coefficient (Wildman–Crippen LogP) is 2.12. The van der Waals surface area contributed by atoms with Crippen LogP contribution in [0.25, 0.3) is 0 Å². The Hall–Kier alpha value is -1.39. The molecule has 1 rings (SSSR count). The van der Waals surface area contributed by atoms with Gasteiger partial charge in [0.2, 0.25) is 0 Å². The minimum absolute atomic E-state index is 0.126. The van der Waals surface area contributed by atoms with Crippen LogP contribution < -0.4 is 10.1 Å². The first-order valence-corrected chi connectivity index (χ1v) is 7.02. The van der Waals surface area contributed by atoms with Gasteiger partial charge in [-0.25, -0.2) is 0 Å². The highest BCUT2D eigenvalue weighted by molar-refractivity contribution is 6.00. The molecule has 4 nitrogen and oxygen atoms in total. The third kappa shape index (κ3) is 4.94. The molecule has 0 saturated heterocycles. The molecule has 20 heavy (non-hydrogen) atoms. The van der Waals surface area contributed by atoms with Crippen molar-refractivity contribution < 1.29 is 9.53 Å². The van der Waals surface area contributed by atoms with Crippen molar-refractivity contribution in [3.05, 3.63) is 29.3 Å². The highest BCUT2D eigenvalue weighted by Gasteiger charge is 2.15. The van der Waals surface area contributed by atoms with Gasteiger partial charge in [-0.1, -0.05) is 0 Å². The Morgan fingerprint density at radius 3 is 2.65 bits per heavy atom. The molecule has 0 heterocycles. The smallest absolute Gasteiger partial charge is 0.179 e. The molecule has 4 heteroatoms. The first-order chi connectivity index (χ1) is 9.45. The summed E-state index contributed by atoms with van der Waals surface area (Å²) in [7, 11) is 5.74. The molecule has 0 aliphatic heterocycles. The SMILES string of the molecule is COc1ccc(C(=O)C(C)NCCCN(C)C)cc1C. The second-order valence-corrected chi connectivity index (χ2v) is 5.38. The van der Waals surface area contributed by atoms with E-state index >= 15 is 0 Å². The number of hydrogen-bond acceptors (Lipinski definition) is 4. The summed E-state index contributed by atoms with van der Waals surface area (Å²) in [6, 6.07) is 5.40. The van der Waals surface area contributed by atoms with E-state index in [1.165, 1.54) is 0 Å². The molecule has 0 aromatic heterocycles. The topological polar surface area (TPSA) is 41.6 Å². The number of carbonyl (C=O) groups is 1. The largest absolute Gasteiger partial charge is 0.496 e. The van der Waals surface area contributed by atoms with E-state index in [1.807, 2.05) is 32.0 Å². The second kappa shape index (κ2) is 8.02. The van der Waals surface area contributed by atoms with E-state index in [-0.39, 0.29) is 11.8 Å². The van der Waals surface area contributed by atoms with Gasteiger partial charge in [-0.15, -0.1) is 0 Å². The minimum atomic E-state index is -0.162. The molecule has 0 radical (unpaired) electrons. The maximum absolute atomic E-state index is 12.3. The van der Waals surface area contributed by atoms with E-state index in [0.717, 1.165) is 36.4 Å². The van der Waals surface area contributed by atoms with Gasteiger partial charge < -0.3 is 15.0 Å². The van der Waals surface area contributed by atoms with Crippen molar-refractivity contribution in [1.29, 1.82) is 0 Å². The van der Waals surface area contributed by atoms with Crippen molar-refractivity contribution in [2.24, 2.45) is 0 Å². The van der Waals surface area contributed by atoms with Crippen LogP contribution in [0.2, 0.25) is 0 Å². The first-order valence-electron chi connectivity index (χ1n) is 7.02. The average molecular weight is 278 g/mol. The van der Waals surface area contributed by atoms with Crippen molar-refractivity contribution in [1.82, 2.24) is 10.2 Å². The zero-order chi connectivity index (χ0) is 15.1. The Kier molecular flexibility index (Phi) is 6.68. The number of aryl methyl sites for hydroxylation is 1. The number of rotatable bonds is 8. The van der Waals surface area contributed by atoms with Gasteiger partial charge in [-0.2, -0.15) is 0 Å². The summed E-state index contributed by atoms with van der Waals surface area (Å²) in [6.07, 6.45) is 1.03. The molecule has 1 N–H and O–H groups in total. The number of carbonyl (C=O) groups excluding carboxylic acids is 1.